The van der Waals surface area contributed by atoms with Gasteiger partial charge in [0.25, 0.3) is 0 Å². The maximum atomic E-state index is 6.43. The van der Waals surface area contributed by atoms with Gasteiger partial charge in [0.15, 0.2) is 5.58 Å². The number of rotatable bonds is 3. The molecule has 138 valence electrons. The second kappa shape index (κ2) is 6.45. The van der Waals surface area contributed by atoms with Crippen molar-refractivity contribution in [1.82, 2.24) is 0 Å². The van der Waals surface area contributed by atoms with Crippen LogP contribution in [0.25, 0.3) is 21.9 Å². The molecule has 0 aliphatic heterocycles. The number of para-hydroxylation sites is 3. The molecule has 0 spiro atoms. The first-order valence-corrected chi connectivity index (χ1v) is 9.68. The monoisotopic (exact) mass is 357 g/mol. The number of hydrogen-bond donors (Lipinski definition) is 0. The zero-order valence-electron chi connectivity index (χ0n) is 16.8. The molecule has 0 aliphatic carbocycles. The SMILES string of the molecule is CCc1cccc2c1oc1c(N(C)c3ccccc3C(C)(C)C)cccc12. The molecule has 0 saturated carbocycles. The van der Waals surface area contributed by atoms with Crippen LogP contribution in [0.5, 0.6) is 0 Å². The van der Waals surface area contributed by atoms with Crippen LogP contribution < -0.4 is 4.90 Å². The van der Waals surface area contributed by atoms with Crippen LogP contribution in [0.2, 0.25) is 0 Å². The van der Waals surface area contributed by atoms with Gasteiger partial charge in [-0.1, -0.05) is 76.2 Å². The quantitative estimate of drug-likeness (QED) is 0.385. The zero-order chi connectivity index (χ0) is 19.2. The van der Waals surface area contributed by atoms with Crippen LogP contribution in [0.4, 0.5) is 11.4 Å². The molecule has 0 aliphatic rings. The summed E-state index contributed by atoms with van der Waals surface area (Å²) in [5.41, 5.74) is 6.94. The maximum Gasteiger partial charge on any atom is 0.159 e. The normalized spacial score (nSPS) is 12.0. The molecule has 0 N–H and O–H groups in total. The highest BCUT2D eigenvalue weighted by Crippen LogP contribution is 2.40. The second-order valence-electron chi connectivity index (χ2n) is 8.23. The van der Waals surface area contributed by atoms with E-state index in [-0.39, 0.29) is 5.41 Å². The minimum absolute atomic E-state index is 0.0714. The number of benzene rings is 3. The molecule has 0 atom stereocenters. The summed E-state index contributed by atoms with van der Waals surface area (Å²) in [5, 5.41) is 2.38. The highest BCUT2D eigenvalue weighted by molar-refractivity contribution is 6.10. The van der Waals surface area contributed by atoms with Crippen molar-refractivity contribution in [3.63, 3.8) is 0 Å². The largest absolute Gasteiger partial charge is 0.454 e. The smallest absolute Gasteiger partial charge is 0.159 e. The fraction of sp³-hybridized carbons (Fsp3) is 0.280. The summed E-state index contributed by atoms with van der Waals surface area (Å²) in [7, 11) is 2.13. The molecule has 1 heterocycles. The summed E-state index contributed by atoms with van der Waals surface area (Å²) >= 11 is 0. The molecule has 2 heteroatoms. The van der Waals surface area contributed by atoms with Crippen molar-refractivity contribution in [1.29, 1.82) is 0 Å². The van der Waals surface area contributed by atoms with Crippen LogP contribution in [0.1, 0.15) is 38.8 Å². The molecular formula is C25H27NO. The summed E-state index contributed by atoms with van der Waals surface area (Å²) in [6.45, 7) is 8.95. The third-order valence-electron chi connectivity index (χ3n) is 5.40. The van der Waals surface area contributed by atoms with Gasteiger partial charge in [-0.2, -0.15) is 0 Å². The predicted molar refractivity (Wildman–Crippen MR) is 116 cm³/mol. The Labute approximate surface area is 161 Å². The van der Waals surface area contributed by atoms with Gasteiger partial charge in [-0.25, -0.2) is 0 Å². The van der Waals surface area contributed by atoms with Gasteiger partial charge >= 0.3 is 0 Å². The number of hydrogen-bond acceptors (Lipinski definition) is 2. The molecule has 0 saturated heterocycles. The van der Waals surface area contributed by atoms with Gasteiger partial charge in [-0.15, -0.1) is 0 Å². The molecule has 0 amide bonds. The van der Waals surface area contributed by atoms with E-state index >= 15 is 0 Å². The van der Waals surface area contributed by atoms with E-state index in [4.69, 9.17) is 4.42 Å². The molecule has 0 unspecified atom stereocenters. The molecular weight excluding hydrogens is 330 g/mol. The van der Waals surface area contributed by atoms with Gasteiger partial charge in [-0.3, -0.25) is 0 Å². The van der Waals surface area contributed by atoms with Gasteiger partial charge < -0.3 is 9.32 Å². The first-order chi connectivity index (χ1) is 12.9. The van der Waals surface area contributed by atoms with E-state index in [1.54, 1.807) is 0 Å². The minimum atomic E-state index is 0.0714. The van der Waals surface area contributed by atoms with Gasteiger partial charge in [0, 0.05) is 23.5 Å². The van der Waals surface area contributed by atoms with E-state index < -0.39 is 0 Å². The molecule has 2 nitrogen and oxygen atoms in total. The minimum Gasteiger partial charge on any atom is -0.454 e. The highest BCUT2D eigenvalue weighted by Gasteiger charge is 2.22. The third kappa shape index (κ3) is 2.90. The van der Waals surface area contributed by atoms with Crippen LogP contribution in [0.15, 0.2) is 65.1 Å². The Morgan fingerprint density at radius 2 is 1.41 bits per heavy atom. The van der Waals surface area contributed by atoms with E-state index in [1.165, 1.54) is 27.6 Å². The molecule has 3 aromatic carbocycles. The first kappa shape index (κ1) is 17.7. The Hall–Kier alpha value is -2.74. The van der Waals surface area contributed by atoms with E-state index in [9.17, 15) is 0 Å². The van der Waals surface area contributed by atoms with Crippen molar-refractivity contribution in [3.8, 4) is 0 Å². The fourth-order valence-corrected chi connectivity index (χ4v) is 3.94. The molecule has 4 aromatic rings. The van der Waals surface area contributed by atoms with E-state index in [0.717, 1.165) is 23.3 Å². The number of furan rings is 1. The molecule has 4 rings (SSSR count). The molecule has 0 fully saturated rings. The Morgan fingerprint density at radius 1 is 0.778 bits per heavy atom. The average Bonchev–Trinajstić information content (AvgIpc) is 3.05. The number of fused-ring (bicyclic) bond motifs is 3. The Morgan fingerprint density at radius 3 is 2.11 bits per heavy atom. The lowest BCUT2D eigenvalue weighted by atomic mass is 9.85. The van der Waals surface area contributed by atoms with E-state index in [1.807, 2.05) is 0 Å². The van der Waals surface area contributed by atoms with Crippen molar-refractivity contribution >= 4 is 33.3 Å². The van der Waals surface area contributed by atoms with Crippen LogP contribution in [0.3, 0.4) is 0 Å². The van der Waals surface area contributed by atoms with Crippen LogP contribution in [-0.2, 0) is 11.8 Å². The van der Waals surface area contributed by atoms with Crippen molar-refractivity contribution in [2.24, 2.45) is 0 Å². The summed E-state index contributed by atoms with van der Waals surface area (Å²) < 4.78 is 6.43. The molecule has 0 bridgehead atoms. The van der Waals surface area contributed by atoms with Gasteiger partial charge in [0.2, 0.25) is 0 Å². The lowest BCUT2D eigenvalue weighted by Crippen LogP contribution is -2.19. The summed E-state index contributed by atoms with van der Waals surface area (Å²) in [6.07, 6.45) is 0.967. The van der Waals surface area contributed by atoms with E-state index in [2.05, 4.69) is 100 Å². The van der Waals surface area contributed by atoms with Gasteiger partial charge in [0.1, 0.15) is 5.58 Å². The summed E-state index contributed by atoms with van der Waals surface area (Å²) in [5.74, 6) is 0. The number of anilines is 2. The summed E-state index contributed by atoms with van der Waals surface area (Å²) in [6, 6.07) is 21.5. The fourth-order valence-electron chi connectivity index (χ4n) is 3.94. The van der Waals surface area contributed by atoms with Crippen molar-refractivity contribution in [3.05, 3.63) is 71.8 Å². The average molecular weight is 357 g/mol. The van der Waals surface area contributed by atoms with Crippen LogP contribution in [0, 0.1) is 0 Å². The van der Waals surface area contributed by atoms with Crippen molar-refractivity contribution in [2.75, 3.05) is 11.9 Å². The standard InChI is InChI=1S/C25H27NO/c1-6-17-11-9-12-18-19-13-10-16-22(24(19)27-23(17)18)26(5)21-15-8-7-14-20(21)25(2,3)4/h7-16H,6H2,1-5H3. The molecule has 1 aromatic heterocycles. The van der Waals surface area contributed by atoms with Crippen molar-refractivity contribution in [2.45, 2.75) is 39.5 Å². The number of nitrogens with zero attached hydrogens (tertiary/aromatic N) is 1. The Bertz CT molecular complexity index is 1110. The van der Waals surface area contributed by atoms with Crippen molar-refractivity contribution < 1.29 is 4.42 Å². The highest BCUT2D eigenvalue weighted by atomic mass is 16.3. The molecule has 0 radical (unpaired) electrons. The van der Waals surface area contributed by atoms with Crippen LogP contribution >= 0.6 is 0 Å². The lowest BCUT2D eigenvalue weighted by Gasteiger charge is -2.29. The first-order valence-electron chi connectivity index (χ1n) is 9.68. The van der Waals surface area contributed by atoms with Gasteiger partial charge in [-0.05, 0) is 35.1 Å². The van der Waals surface area contributed by atoms with E-state index in [0.29, 0.717) is 0 Å². The van der Waals surface area contributed by atoms with Crippen LogP contribution in [-0.4, -0.2) is 7.05 Å². The predicted octanol–water partition coefficient (Wildman–Crippen LogP) is 7.21. The Balaban J connectivity index is 1.95. The Kier molecular flexibility index (Phi) is 4.22. The zero-order valence-corrected chi connectivity index (χ0v) is 16.8. The molecule has 27 heavy (non-hydrogen) atoms. The maximum absolute atomic E-state index is 6.43. The van der Waals surface area contributed by atoms with Gasteiger partial charge in [0.05, 0.1) is 5.69 Å². The summed E-state index contributed by atoms with van der Waals surface area (Å²) in [4.78, 5) is 2.26. The third-order valence-corrected chi connectivity index (χ3v) is 5.40. The topological polar surface area (TPSA) is 16.4 Å². The number of aryl methyl sites for hydroxylation is 1. The lowest BCUT2D eigenvalue weighted by molar-refractivity contribution is 0.590. The second-order valence-corrected chi connectivity index (χ2v) is 8.23.